The molecule has 0 aliphatic heterocycles. The van der Waals surface area contributed by atoms with E-state index in [0.29, 0.717) is 23.0 Å². The molecule has 2 aromatic carbocycles. The summed E-state index contributed by atoms with van der Waals surface area (Å²) in [5, 5.41) is 3.83. The summed E-state index contributed by atoms with van der Waals surface area (Å²) in [6.07, 6.45) is 7.15. The standard InChI is InChI=1S/C31H17N9/c1-10-20(30-37-26-16-6-2-12-32-22(16)23-17(27(26)38-30)7-3-13-33-23)36-21(11-1)31-39-28-18-8-4-14-34-24(18)25-19(29(28)40-31)9-5-15-35-25/h1-15H,(H,37,38)(H,39,40). The molecule has 9 heteroatoms. The highest BCUT2D eigenvalue weighted by molar-refractivity contribution is 6.22. The van der Waals surface area contributed by atoms with E-state index in [1.165, 1.54) is 0 Å². The fourth-order valence-electron chi connectivity index (χ4n) is 5.63. The van der Waals surface area contributed by atoms with Crippen molar-refractivity contribution in [3.63, 3.8) is 0 Å². The molecule has 0 bridgehead atoms. The number of nitrogens with one attached hydrogen (secondary N) is 2. The molecule has 9 rings (SSSR count). The molecule has 40 heavy (non-hydrogen) atoms. The van der Waals surface area contributed by atoms with Gasteiger partial charge in [0.25, 0.3) is 0 Å². The van der Waals surface area contributed by atoms with Gasteiger partial charge in [0, 0.05) is 46.3 Å². The number of hydrogen-bond acceptors (Lipinski definition) is 7. The number of aromatic nitrogens is 9. The second kappa shape index (κ2) is 7.84. The van der Waals surface area contributed by atoms with Crippen LogP contribution >= 0.6 is 0 Å². The Morgan fingerprint density at radius 3 is 1.23 bits per heavy atom. The Kier molecular flexibility index (Phi) is 4.14. The zero-order valence-corrected chi connectivity index (χ0v) is 20.8. The average Bonchev–Trinajstić information content (AvgIpc) is 3.68. The van der Waals surface area contributed by atoms with Crippen molar-refractivity contribution < 1.29 is 0 Å². The predicted octanol–water partition coefficient (Wildman–Crippen LogP) is 6.36. The molecule has 2 N–H and O–H groups in total. The fraction of sp³-hybridized carbons (Fsp3) is 0. The Bertz CT molecular complexity index is 2140. The summed E-state index contributed by atoms with van der Waals surface area (Å²) >= 11 is 0. The minimum atomic E-state index is 0.666. The van der Waals surface area contributed by atoms with E-state index in [9.17, 15) is 0 Å². The van der Waals surface area contributed by atoms with E-state index in [0.717, 1.165) is 65.7 Å². The van der Waals surface area contributed by atoms with Crippen molar-refractivity contribution >= 4 is 65.7 Å². The monoisotopic (exact) mass is 515 g/mol. The van der Waals surface area contributed by atoms with Crippen LogP contribution in [-0.4, -0.2) is 44.9 Å². The van der Waals surface area contributed by atoms with Gasteiger partial charge in [-0.2, -0.15) is 0 Å². The van der Waals surface area contributed by atoms with Crippen LogP contribution in [-0.2, 0) is 0 Å². The van der Waals surface area contributed by atoms with Crippen LogP contribution in [0.25, 0.3) is 88.7 Å². The second-order valence-corrected chi connectivity index (χ2v) is 9.62. The smallest absolute Gasteiger partial charge is 0.157 e. The van der Waals surface area contributed by atoms with Gasteiger partial charge in [0.15, 0.2) is 11.6 Å². The highest BCUT2D eigenvalue weighted by Crippen LogP contribution is 2.35. The summed E-state index contributed by atoms with van der Waals surface area (Å²) in [6, 6.07) is 21.7. The Balaban J connectivity index is 1.26. The number of aromatic amines is 2. The van der Waals surface area contributed by atoms with E-state index in [-0.39, 0.29) is 0 Å². The third-order valence-corrected chi connectivity index (χ3v) is 7.37. The zero-order valence-electron chi connectivity index (χ0n) is 20.8. The summed E-state index contributed by atoms with van der Waals surface area (Å²) in [7, 11) is 0. The highest BCUT2D eigenvalue weighted by atomic mass is 15.0. The lowest BCUT2D eigenvalue weighted by atomic mass is 10.1. The molecule has 9 nitrogen and oxygen atoms in total. The van der Waals surface area contributed by atoms with Crippen LogP contribution in [0, 0.1) is 0 Å². The van der Waals surface area contributed by atoms with Crippen molar-refractivity contribution in [2.24, 2.45) is 0 Å². The van der Waals surface area contributed by atoms with E-state index in [1.54, 1.807) is 24.8 Å². The van der Waals surface area contributed by atoms with Crippen LogP contribution in [0.15, 0.2) is 91.5 Å². The van der Waals surface area contributed by atoms with E-state index in [4.69, 9.17) is 15.0 Å². The van der Waals surface area contributed by atoms with Crippen LogP contribution in [0.2, 0.25) is 0 Å². The number of pyridine rings is 5. The first-order chi connectivity index (χ1) is 19.8. The minimum absolute atomic E-state index is 0.666. The maximum atomic E-state index is 4.99. The van der Waals surface area contributed by atoms with Crippen molar-refractivity contribution in [3.8, 4) is 23.0 Å². The maximum Gasteiger partial charge on any atom is 0.157 e. The third kappa shape index (κ3) is 2.88. The van der Waals surface area contributed by atoms with Crippen LogP contribution < -0.4 is 0 Å². The van der Waals surface area contributed by atoms with Crippen LogP contribution in [0.3, 0.4) is 0 Å². The van der Waals surface area contributed by atoms with Gasteiger partial charge in [-0.05, 0) is 60.7 Å². The first-order valence-corrected chi connectivity index (χ1v) is 12.8. The van der Waals surface area contributed by atoms with Gasteiger partial charge in [0.2, 0.25) is 0 Å². The van der Waals surface area contributed by atoms with E-state index in [2.05, 4.69) is 29.9 Å². The summed E-state index contributed by atoms with van der Waals surface area (Å²) in [6.45, 7) is 0. The van der Waals surface area contributed by atoms with E-state index < -0.39 is 0 Å². The third-order valence-electron chi connectivity index (χ3n) is 7.37. The van der Waals surface area contributed by atoms with Gasteiger partial charge >= 0.3 is 0 Å². The topological polar surface area (TPSA) is 122 Å². The van der Waals surface area contributed by atoms with E-state index >= 15 is 0 Å². The molecule has 7 heterocycles. The van der Waals surface area contributed by atoms with Gasteiger partial charge in [-0.3, -0.25) is 19.9 Å². The molecule has 0 spiro atoms. The average molecular weight is 516 g/mol. The molecular weight excluding hydrogens is 498 g/mol. The van der Waals surface area contributed by atoms with Crippen LogP contribution in [0.4, 0.5) is 0 Å². The molecule has 0 saturated heterocycles. The number of nitrogens with zero attached hydrogens (tertiary/aromatic N) is 7. The van der Waals surface area contributed by atoms with E-state index in [1.807, 2.05) is 66.7 Å². The molecule has 9 aromatic rings. The van der Waals surface area contributed by atoms with Gasteiger partial charge < -0.3 is 9.97 Å². The predicted molar refractivity (Wildman–Crippen MR) is 156 cm³/mol. The molecule has 7 aromatic heterocycles. The Morgan fingerprint density at radius 2 is 0.775 bits per heavy atom. The van der Waals surface area contributed by atoms with Crippen molar-refractivity contribution in [1.82, 2.24) is 44.9 Å². The van der Waals surface area contributed by atoms with Crippen molar-refractivity contribution in [2.45, 2.75) is 0 Å². The summed E-state index contributed by atoms with van der Waals surface area (Å²) < 4.78 is 0. The second-order valence-electron chi connectivity index (χ2n) is 9.62. The lowest BCUT2D eigenvalue weighted by molar-refractivity contribution is 1.20. The number of fused-ring (bicyclic) bond motifs is 12. The molecule has 0 fully saturated rings. The van der Waals surface area contributed by atoms with Crippen LogP contribution in [0.5, 0.6) is 0 Å². The molecule has 0 atom stereocenters. The summed E-state index contributed by atoms with van der Waals surface area (Å²) in [4.78, 5) is 40.4. The quantitative estimate of drug-likeness (QED) is 0.257. The fourth-order valence-corrected chi connectivity index (χ4v) is 5.63. The zero-order chi connectivity index (χ0) is 26.2. The normalized spacial score (nSPS) is 12.0. The lowest BCUT2D eigenvalue weighted by Crippen LogP contribution is -1.90. The molecule has 0 aliphatic carbocycles. The van der Waals surface area contributed by atoms with Gasteiger partial charge in [0.05, 0.1) is 44.1 Å². The first-order valence-electron chi connectivity index (χ1n) is 12.8. The van der Waals surface area contributed by atoms with Crippen LogP contribution in [0.1, 0.15) is 0 Å². The molecule has 0 aliphatic rings. The van der Waals surface area contributed by atoms with Gasteiger partial charge in [-0.15, -0.1) is 0 Å². The minimum Gasteiger partial charge on any atom is -0.336 e. The number of H-pyrrole nitrogens is 2. The van der Waals surface area contributed by atoms with Gasteiger partial charge in [0.1, 0.15) is 11.4 Å². The first kappa shape index (κ1) is 21.1. The maximum absolute atomic E-state index is 4.99. The lowest BCUT2D eigenvalue weighted by Gasteiger charge is -2.03. The van der Waals surface area contributed by atoms with Gasteiger partial charge in [-0.25, -0.2) is 15.0 Å². The molecular formula is C31H17N9. The number of hydrogen-bond donors (Lipinski definition) is 2. The molecule has 0 radical (unpaired) electrons. The summed E-state index contributed by atoms with van der Waals surface area (Å²) in [5.41, 5.74) is 8.26. The van der Waals surface area contributed by atoms with Gasteiger partial charge in [-0.1, -0.05) is 6.07 Å². The molecule has 0 unspecified atom stereocenters. The highest BCUT2D eigenvalue weighted by Gasteiger charge is 2.18. The van der Waals surface area contributed by atoms with Crippen molar-refractivity contribution in [2.75, 3.05) is 0 Å². The number of benzene rings is 2. The number of rotatable bonds is 2. The Labute approximate surface area is 225 Å². The molecule has 0 amide bonds. The SMILES string of the molecule is c1cc(-c2nc3c4cccnc4c4ncccc4c3[nH]2)nc(-c2nc3c4cccnc4c4ncccc4c3[nH]2)c1. The summed E-state index contributed by atoms with van der Waals surface area (Å²) in [5.74, 6) is 1.33. The largest absolute Gasteiger partial charge is 0.336 e. The Hall–Kier alpha value is -5.83. The molecule has 186 valence electrons. The Morgan fingerprint density at radius 1 is 0.375 bits per heavy atom. The molecule has 0 saturated carbocycles. The van der Waals surface area contributed by atoms with Crippen molar-refractivity contribution in [1.29, 1.82) is 0 Å². The number of imidazole rings is 2. The van der Waals surface area contributed by atoms with Crippen molar-refractivity contribution in [3.05, 3.63) is 91.5 Å².